The monoisotopic (exact) mass is 393 g/mol. The Morgan fingerprint density at radius 2 is 2.00 bits per heavy atom. The third kappa shape index (κ3) is 6.25. The number of hydrogen-bond acceptors (Lipinski definition) is 2. The molecule has 4 nitrogen and oxygen atoms in total. The number of carbonyl (C=O) groups is 1. The van der Waals surface area contributed by atoms with Crippen molar-refractivity contribution in [2.24, 2.45) is 11.8 Å². The van der Waals surface area contributed by atoms with Crippen molar-refractivity contribution in [3.05, 3.63) is 65.8 Å². The summed E-state index contributed by atoms with van der Waals surface area (Å²) in [5.41, 5.74) is 3.91. The standard InChI is InChI=1S/C25H35N3O/c1-3-20(2)12-13-21(18-22-19-27-24-11-7-6-10-23(22)24)25(29)26-14-17-28-15-8-4-5-9-16-28/h4-6,8-10,15-16,19-21,27H,3,7,11-14,17-18H2,1-2H3,(H,26,29)/t20?,21-/m0/s1. The van der Waals surface area contributed by atoms with Gasteiger partial charge < -0.3 is 15.2 Å². The molecule has 0 bridgehead atoms. The van der Waals surface area contributed by atoms with E-state index in [0.29, 0.717) is 12.5 Å². The molecule has 156 valence electrons. The number of fused-ring (bicyclic) bond motifs is 1. The Morgan fingerprint density at radius 1 is 1.21 bits per heavy atom. The number of nitrogens with one attached hydrogen (secondary N) is 2. The molecule has 1 aliphatic heterocycles. The lowest BCUT2D eigenvalue weighted by Gasteiger charge is -2.20. The summed E-state index contributed by atoms with van der Waals surface area (Å²) in [6, 6.07) is 0. The van der Waals surface area contributed by atoms with Crippen LogP contribution in [0.4, 0.5) is 0 Å². The van der Waals surface area contributed by atoms with E-state index in [0.717, 1.165) is 45.1 Å². The number of amides is 1. The number of H-pyrrole nitrogens is 1. The van der Waals surface area contributed by atoms with E-state index in [2.05, 4.69) is 47.4 Å². The molecule has 1 aromatic rings. The smallest absolute Gasteiger partial charge is 0.223 e. The van der Waals surface area contributed by atoms with E-state index in [1.165, 1.54) is 16.8 Å². The lowest BCUT2D eigenvalue weighted by Crippen LogP contribution is -2.36. The first-order valence-electron chi connectivity index (χ1n) is 11.1. The lowest BCUT2D eigenvalue weighted by molar-refractivity contribution is -0.125. The summed E-state index contributed by atoms with van der Waals surface area (Å²) >= 11 is 0. The largest absolute Gasteiger partial charge is 0.364 e. The summed E-state index contributed by atoms with van der Waals surface area (Å²) in [5.74, 6) is 0.866. The van der Waals surface area contributed by atoms with E-state index in [9.17, 15) is 4.79 Å². The number of aromatic nitrogens is 1. The SMILES string of the molecule is CCC(C)CC[C@@H](Cc1c[nH]c2c1C=CCC2)C(=O)NCCN1C=CC=CC=C1. The summed E-state index contributed by atoms with van der Waals surface area (Å²) in [4.78, 5) is 18.6. The Bertz CT molecular complexity index is 768. The van der Waals surface area contributed by atoms with Crippen molar-refractivity contribution < 1.29 is 4.79 Å². The number of aromatic amines is 1. The molecule has 2 aliphatic rings. The van der Waals surface area contributed by atoms with Crippen LogP contribution in [-0.4, -0.2) is 28.9 Å². The maximum Gasteiger partial charge on any atom is 0.223 e. The molecule has 1 aromatic heterocycles. The minimum atomic E-state index is 0.0242. The second-order valence-electron chi connectivity index (χ2n) is 8.24. The van der Waals surface area contributed by atoms with Crippen LogP contribution in [0, 0.1) is 11.8 Å². The Balaban J connectivity index is 1.59. The Kier molecular flexibility index (Phi) is 7.97. The third-order valence-corrected chi connectivity index (χ3v) is 6.04. The zero-order valence-electron chi connectivity index (χ0n) is 17.9. The molecule has 3 rings (SSSR count). The van der Waals surface area contributed by atoms with Crippen molar-refractivity contribution in [3.63, 3.8) is 0 Å². The quantitative estimate of drug-likeness (QED) is 0.589. The van der Waals surface area contributed by atoms with Gasteiger partial charge in [-0.2, -0.15) is 0 Å². The molecule has 4 heteroatoms. The van der Waals surface area contributed by atoms with Crippen LogP contribution in [0.2, 0.25) is 0 Å². The van der Waals surface area contributed by atoms with Gasteiger partial charge in [0.15, 0.2) is 0 Å². The van der Waals surface area contributed by atoms with Crippen molar-refractivity contribution in [2.45, 2.75) is 52.4 Å². The van der Waals surface area contributed by atoms with Crippen molar-refractivity contribution in [2.75, 3.05) is 13.1 Å². The van der Waals surface area contributed by atoms with Gasteiger partial charge in [0.1, 0.15) is 0 Å². The molecule has 0 radical (unpaired) electrons. The van der Waals surface area contributed by atoms with E-state index < -0.39 is 0 Å². The highest BCUT2D eigenvalue weighted by Crippen LogP contribution is 2.26. The van der Waals surface area contributed by atoms with Crippen molar-refractivity contribution >= 4 is 12.0 Å². The fourth-order valence-corrected chi connectivity index (χ4v) is 3.92. The predicted molar refractivity (Wildman–Crippen MR) is 121 cm³/mol. The van der Waals surface area contributed by atoms with Gasteiger partial charge in [0.25, 0.3) is 0 Å². The van der Waals surface area contributed by atoms with E-state index in [4.69, 9.17) is 0 Å². The maximum atomic E-state index is 13.0. The number of rotatable bonds is 10. The molecule has 0 aromatic carbocycles. The van der Waals surface area contributed by atoms with Crippen molar-refractivity contribution in [1.82, 2.24) is 15.2 Å². The average Bonchev–Trinajstić information content (AvgIpc) is 2.96. The summed E-state index contributed by atoms with van der Waals surface area (Å²) in [6.45, 7) is 5.94. The molecule has 1 aliphatic carbocycles. The maximum absolute atomic E-state index is 13.0. The summed E-state index contributed by atoms with van der Waals surface area (Å²) < 4.78 is 0. The second kappa shape index (κ2) is 10.9. The van der Waals surface area contributed by atoms with Gasteiger partial charge >= 0.3 is 0 Å². The highest BCUT2D eigenvalue weighted by atomic mass is 16.1. The minimum absolute atomic E-state index is 0.0242. The molecule has 29 heavy (non-hydrogen) atoms. The van der Waals surface area contributed by atoms with Crippen LogP contribution in [0.25, 0.3) is 6.08 Å². The fourth-order valence-electron chi connectivity index (χ4n) is 3.92. The third-order valence-electron chi connectivity index (χ3n) is 6.04. The highest BCUT2D eigenvalue weighted by molar-refractivity contribution is 5.79. The van der Waals surface area contributed by atoms with Gasteiger partial charge in [-0.3, -0.25) is 4.79 Å². The Labute approximate surface area is 175 Å². The van der Waals surface area contributed by atoms with E-state index in [1.54, 1.807) is 0 Å². The van der Waals surface area contributed by atoms with E-state index in [-0.39, 0.29) is 11.8 Å². The van der Waals surface area contributed by atoms with Crippen LogP contribution in [0.5, 0.6) is 0 Å². The molecule has 0 fully saturated rings. The van der Waals surface area contributed by atoms with Crippen LogP contribution < -0.4 is 5.32 Å². The van der Waals surface area contributed by atoms with Gasteiger partial charge in [-0.05, 0) is 61.3 Å². The minimum Gasteiger partial charge on any atom is -0.364 e. The molecular formula is C25H35N3O. The van der Waals surface area contributed by atoms with Crippen LogP contribution in [-0.2, 0) is 17.6 Å². The second-order valence-corrected chi connectivity index (χ2v) is 8.24. The number of allylic oxidation sites excluding steroid dienone is 5. The molecule has 0 saturated carbocycles. The van der Waals surface area contributed by atoms with Crippen LogP contribution in [0.3, 0.4) is 0 Å². The summed E-state index contributed by atoms with van der Waals surface area (Å²) in [5, 5.41) is 3.19. The van der Waals surface area contributed by atoms with E-state index >= 15 is 0 Å². The summed E-state index contributed by atoms with van der Waals surface area (Å²) in [6.07, 6.45) is 24.9. The average molecular weight is 394 g/mol. The zero-order chi connectivity index (χ0) is 20.5. The van der Waals surface area contributed by atoms with Crippen LogP contribution >= 0.6 is 0 Å². The topological polar surface area (TPSA) is 48.1 Å². The van der Waals surface area contributed by atoms with Crippen molar-refractivity contribution in [1.29, 1.82) is 0 Å². The molecule has 0 spiro atoms. The molecule has 0 saturated heterocycles. The van der Waals surface area contributed by atoms with Gasteiger partial charge in [-0.1, -0.05) is 44.6 Å². The van der Waals surface area contributed by atoms with Gasteiger partial charge in [-0.15, -0.1) is 0 Å². The highest BCUT2D eigenvalue weighted by Gasteiger charge is 2.22. The van der Waals surface area contributed by atoms with Crippen molar-refractivity contribution in [3.8, 4) is 0 Å². The van der Waals surface area contributed by atoms with Crippen LogP contribution in [0.1, 0.15) is 56.4 Å². The lowest BCUT2D eigenvalue weighted by atomic mass is 9.88. The summed E-state index contributed by atoms with van der Waals surface area (Å²) in [7, 11) is 0. The fraction of sp³-hybridized carbons (Fsp3) is 0.480. The Hall–Kier alpha value is -2.49. The number of nitrogens with zero attached hydrogens (tertiary/aromatic N) is 1. The molecule has 1 amide bonds. The van der Waals surface area contributed by atoms with Gasteiger partial charge in [0, 0.05) is 43.3 Å². The van der Waals surface area contributed by atoms with Gasteiger partial charge in [0.2, 0.25) is 5.91 Å². The van der Waals surface area contributed by atoms with Gasteiger partial charge in [0.05, 0.1) is 0 Å². The molecule has 2 atom stereocenters. The zero-order valence-corrected chi connectivity index (χ0v) is 17.9. The first-order chi connectivity index (χ1) is 14.2. The number of hydrogen-bond donors (Lipinski definition) is 2. The molecule has 1 unspecified atom stereocenters. The first kappa shape index (κ1) is 21.2. The Morgan fingerprint density at radius 3 is 2.76 bits per heavy atom. The molecule has 2 N–H and O–H groups in total. The molecular weight excluding hydrogens is 358 g/mol. The number of carbonyl (C=O) groups excluding carboxylic acids is 1. The van der Waals surface area contributed by atoms with Crippen LogP contribution in [0.15, 0.2) is 49.0 Å². The van der Waals surface area contributed by atoms with E-state index in [1.807, 2.05) is 36.7 Å². The normalized spacial score (nSPS) is 17.1. The van der Waals surface area contributed by atoms with Gasteiger partial charge in [-0.25, -0.2) is 0 Å². The first-order valence-corrected chi connectivity index (χ1v) is 11.1. The molecule has 2 heterocycles. The number of aryl methyl sites for hydroxylation is 1. The predicted octanol–water partition coefficient (Wildman–Crippen LogP) is 4.97.